The van der Waals surface area contributed by atoms with Crippen molar-refractivity contribution in [2.45, 2.75) is 6.61 Å². The van der Waals surface area contributed by atoms with E-state index in [0.29, 0.717) is 22.1 Å². The Balaban J connectivity index is 2.29. The molecule has 3 aromatic heterocycles. The number of rotatable bonds is 2. The second kappa shape index (κ2) is 4.77. The predicted octanol–water partition coefficient (Wildman–Crippen LogP) is 2.59. The van der Waals surface area contributed by atoms with Gasteiger partial charge in [0, 0.05) is 11.8 Å². The maximum absolute atomic E-state index is 9.29. The Morgan fingerprint density at radius 3 is 2.84 bits per heavy atom. The van der Waals surface area contributed by atoms with Gasteiger partial charge in [0.2, 0.25) is 5.28 Å². The van der Waals surface area contributed by atoms with Crippen molar-refractivity contribution in [3.63, 3.8) is 0 Å². The molecule has 3 rings (SSSR count). The average molecular weight is 295 g/mol. The fourth-order valence-electron chi connectivity index (χ4n) is 1.89. The Morgan fingerprint density at radius 1 is 1.21 bits per heavy atom. The van der Waals surface area contributed by atoms with E-state index < -0.39 is 0 Å². The summed E-state index contributed by atoms with van der Waals surface area (Å²) in [5.74, 6) is 0. The normalized spacial score (nSPS) is 11.1. The maximum Gasteiger partial charge on any atom is 0.223 e. The van der Waals surface area contributed by atoms with E-state index in [2.05, 4.69) is 15.0 Å². The summed E-state index contributed by atoms with van der Waals surface area (Å²) in [6.45, 7) is -0.0843. The number of aliphatic hydroxyl groups excluding tert-OH is 1. The predicted molar refractivity (Wildman–Crippen MR) is 72.2 cm³/mol. The molecule has 0 saturated carbocycles. The molecule has 0 unspecified atom stereocenters. The monoisotopic (exact) mass is 294 g/mol. The summed E-state index contributed by atoms with van der Waals surface area (Å²) in [5, 5.41) is 9.80. The van der Waals surface area contributed by atoms with Gasteiger partial charge in [0.1, 0.15) is 11.3 Å². The lowest BCUT2D eigenvalue weighted by molar-refractivity contribution is 0.282. The molecule has 96 valence electrons. The highest BCUT2D eigenvalue weighted by atomic mass is 35.5. The van der Waals surface area contributed by atoms with Crippen molar-refractivity contribution in [2.24, 2.45) is 0 Å². The Hall–Kier alpha value is -1.69. The van der Waals surface area contributed by atoms with Crippen molar-refractivity contribution in [1.29, 1.82) is 0 Å². The van der Waals surface area contributed by atoms with Crippen molar-refractivity contribution in [3.05, 3.63) is 46.6 Å². The first-order chi connectivity index (χ1) is 9.20. The first-order valence-corrected chi connectivity index (χ1v) is 6.20. The van der Waals surface area contributed by atoms with E-state index in [4.69, 9.17) is 23.2 Å². The third kappa shape index (κ3) is 2.06. The van der Waals surface area contributed by atoms with Gasteiger partial charge in [0.15, 0.2) is 0 Å². The molecule has 0 aromatic carbocycles. The largest absolute Gasteiger partial charge is 0.392 e. The molecule has 0 aliphatic heterocycles. The molecular weight excluding hydrogens is 287 g/mol. The van der Waals surface area contributed by atoms with Gasteiger partial charge in [-0.2, -0.15) is 0 Å². The summed E-state index contributed by atoms with van der Waals surface area (Å²) in [7, 11) is 0. The Labute approximate surface area is 118 Å². The number of hydrogen-bond acceptors (Lipinski definition) is 4. The summed E-state index contributed by atoms with van der Waals surface area (Å²) in [6, 6.07) is 3.63. The summed E-state index contributed by atoms with van der Waals surface area (Å²) in [6.07, 6.45) is 4.91. The molecule has 0 atom stereocenters. The van der Waals surface area contributed by atoms with Crippen molar-refractivity contribution in [1.82, 2.24) is 19.4 Å². The summed E-state index contributed by atoms with van der Waals surface area (Å²) in [4.78, 5) is 12.2. The minimum absolute atomic E-state index is 0.0843. The zero-order valence-corrected chi connectivity index (χ0v) is 11.1. The van der Waals surface area contributed by atoms with Crippen LogP contribution in [0.4, 0.5) is 0 Å². The Bertz CT molecular complexity index is 757. The Morgan fingerprint density at radius 2 is 2.05 bits per heavy atom. The standard InChI is InChI=1S/C12H8Cl2N4O/c13-8-4-16-12(14)17-10(8)9-5-15-11-7(6-19)2-1-3-18(9)11/h1-5,19H,6H2. The van der Waals surface area contributed by atoms with E-state index in [1.54, 1.807) is 16.7 Å². The number of nitrogens with zero attached hydrogens (tertiary/aromatic N) is 4. The van der Waals surface area contributed by atoms with E-state index in [0.717, 1.165) is 5.56 Å². The smallest absolute Gasteiger partial charge is 0.223 e. The van der Waals surface area contributed by atoms with Crippen LogP contribution in [-0.2, 0) is 6.61 Å². The highest BCUT2D eigenvalue weighted by Gasteiger charge is 2.13. The number of aliphatic hydroxyl groups is 1. The fraction of sp³-hybridized carbons (Fsp3) is 0.0833. The lowest BCUT2D eigenvalue weighted by atomic mass is 10.2. The molecule has 0 saturated heterocycles. The molecule has 3 heterocycles. The second-order valence-electron chi connectivity index (χ2n) is 3.86. The number of imidazole rings is 1. The number of hydrogen-bond donors (Lipinski definition) is 1. The van der Waals surface area contributed by atoms with Crippen LogP contribution in [0, 0.1) is 0 Å². The minimum atomic E-state index is -0.0843. The fourth-order valence-corrected chi connectivity index (χ4v) is 2.21. The minimum Gasteiger partial charge on any atom is -0.392 e. The molecule has 5 nitrogen and oxygen atoms in total. The molecule has 3 aromatic rings. The molecule has 0 amide bonds. The van der Waals surface area contributed by atoms with Crippen molar-refractivity contribution in [3.8, 4) is 11.4 Å². The van der Waals surface area contributed by atoms with Crippen LogP contribution in [0.2, 0.25) is 10.3 Å². The van der Waals surface area contributed by atoms with E-state index in [-0.39, 0.29) is 11.9 Å². The SMILES string of the molecule is OCc1cccn2c(-c3nc(Cl)ncc3Cl)cnc12. The lowest BCUT2D eigenvalue weighted by Crippen LogP contribution is -1.95. The van der Waals surface area contributed by atoms with Gasteiger partial charge >= 0.3 is 0 Å². The van der Waals surface area contributed by atoms with Gasteiger partial charge in [-0.25, -0.2) is 15.0 Å². The topological polar surface area (TPSA) is 63.3 Å². The van der Waals surface area contributed by atoms with Crippen LogP contribution in [0.1, 0.15) is 5.56 Å². The van der Waals surface area contributed by atoms with Gasteiger partial charge in [-0.05, 0) is 17.7 Å². The van der Waals surface area contributed by atoms with Crippen LogP contribution in [0.5, 0.6) is 0 Å². The highest BCUT2D eigenvalue weighted by molar-refractivity contribution is 6.33. The molecule has 0 aliphatic carbocycles. The van der Waals surface area contributed by atoms with Crippen LogP contribution in [0.15, 0.2) is 30.7 Å². The van der Waals surface area contributed by atoms with E-state index >= 15 is 0 Å². The van der Waals surface area contributed by atoms with E-state index in [9.17, 15) is 5.11 Å². The molecule has 0 spiro atoms. The van der Waals surface area contributed by atoms with Crippen LogP contribution in [0.25, 0.3) is 17.0 Å². The zero-order valence-electron chi connectivity index (χ0n) is 9.59. The summed E-state index contributed by atoms with van der Waals surface area (Å²) in [5.41, 5.74) is 2.58. The van der Waals surface area contributed by atoms with Crippen molar-refractivity contribution in [2.75, 3.05) is 0 Å². The van der Waals surface area contributed by atoms with Crippen molar-refractivity contribution < 1.29 is 5.11 Å². The molecule has 0 bridgehead atoms. The first-order valence-electron chi connectivity index (χ1n) is 5.45. The number of aromatic nitrogens is 4. The zero-order chi connectivity index (χ0) is 13.4. The van der Waals surface area contributed by atoms with Gasteiger partial charge in [-0.1, -0.05) is 17.7 Å². The maximum atomic E-state index is 9.29. The molecule has 0 aliphatic rings. The first kappa shape index (κ1) is 12.3. The molecule has 0 radical (unpaired) electrons. The van der Waals surface area contributed by atoms with Gasteiger partial charge < -0.3 is 5.11 Å². The highest BCUT2D eigenvalue weighted by Crippen LogP contribution is 2.27. The summed E-state index contributed by atoms with van der Waals surface area (Å²) < 4.78 is 1.80. The molecule has 1 N–H and O–H groups in total. The van der Waals surface area contributed by atoms with Crippen molar-refractivity contribution >= 4 is 28.8 Å². The van der Waals surface area contributed by atoms with Gasteiger partial charge in [0.05, 0.1) is 29.7 Å². The molecule has 7 heteroatoms. The van der Waals surface area contributed by atoms with E-state index in [1.165, 1.54) is 6.20 Å². The number of fused-ring (bicyclic) bond motifs is 1. The second-order valence-corrected chi connectivity index (χ2v) is 4.61. The van der Waals surface area contributed by atoms with Gasteiger partial charge in [-0.3, -0.25) is 4.40 Å². The lowest BCUT2D eigenvalue weighted by Gasteiger charge is -2.05. The van der Waals surface area contributed by atoms with Crippen LogP contribution >= 0.6 is 23.2 Å². The molecular formula is C12H8Cl2N4O. The average Bonchev–Trinajstić information content (AvgIpc) is 2.85. The third-order valence-electron chi connectivity index (χ3n) is 2.74. The van der Waals surface area contributed by atoms with Crippen LogP contribution < -0.4 is 0 Å². The van der Waals surface area contributed by atoms with Crippen LogP contribution in [0.3, 0.4) is 0 Å². The van der Waals surface area contributed by atoms with Crippen LogP contribution in [-0.4, -0.2) is 24.5 Å². The molecule has 19 heavy (non-hydrogen) atoms. The summed E-state index contributed by atoms with van der Waals surface area (Å²) >= 11 is 11.9. The quantitative estimate of drug-likeness (QED) is 0.738. The Kier molecular flexibility index (Phi) is 3.10. The number of halogens is 2. The molecule has 0 fully saturated rings. The number of pyridine rings is 1. The van der Waals surface area contributed by atoms with Gasteiger partial charge in [-0.15, -0.1) is 0 Å². The third-order valence-corrected chi connectivity index (χ3v) is 3.20. The van der Waals surface area contributed by atoms with Gasteiger partial charge in [0.25, 0.3) is 0 Å². The van der Waals surface area contributed by atoms with E-state index in [1.807, 2.05) is 12.3 Å².